The van der Waals surface area contributed by atoms with Gasteiger partial charge in [0, 0.05) is 16.8 Å². The Hall–Kier alpha value is -2.89. The standard InChI is InChI=1S/C16H15N5O/c17-16(22)15-11-6-7-13-12(14(11)19-20-15)8-18-21(13)9-10-4-2-1-3-5-10/h1-5,8H,6-7,9H2,(H2,17,22)(H,19,20). The Morgan fingerprint density at radius 1 is 1.27 bits per heavy atom. The molecular weight excluding hydrogens is 278 g/mol. The summed E-state index contributed by atoms with van der Waals surface area (Å²) in [7, 11) is 0. The van der Waals surface area contributed by atoms with Crippen LogP contribution in [0.3, 0.4) is 0 Å². The number of nitrogens with one attached hydrogen (secondary N) is 1. The molecule has 0 unspecified atom stereocenters. The van der Waals surface area contributed by atoms with Crippen LogP contribution in [-0.4, -0.2) is 25.9 Å². The van der Waals surface area contributed by atoms with Gasteiger partial charge in [0.05, 0.1) is 18.4 Å². The molecule has 0 aliphatic heterocycles. The third kappa shape index (κ3) is 1.92. The fourth-order valence-corrected chi connectivity index (χ4v) is 3.04. The molecule has 0 bridgehead atoms. The van der Waals surface area contributed by atoms with Crippen molar-refractivity contribution in [2.24, 2.45) is 5.73 Å². The van der Waals surface area contributed by atoms with E-state index in [0.717, 1.165) is 41.9 Å². The number of primary amides is 1. The summed E-state index contributed by atoms with van der Waals surface area (Å²) in [6, 6.07) is 10.2. The van der Waals surface area contributed by atoms with E-state index in [-0.39, 0.29) is 0 Å². The van der Waals surface area contributed by atoms with Crippen molar-refractivity contribution in [1.82, 2.24) is 20.0 Å². The molecule has 0 saturated heterocycles. The molecule has 110 valence electrons. The third-order valence-corrected chi connectivity index (χ3v) is 4.10. The highest BCUT2D eigenvalue weighted by Gasteiger charge is 2.27. The Bertz CT molecular complexity index is 847. The summed E-state index contributed by atoms with van der Waals surface area (Å²) in [4.78, 5) is 11.4. The quantitative estimate of drug-likeness (QED) is 0.767. The van der Waals surface area contributed by atoms with Gasteiger partial charge in [-0.2, -0.15) is 10.2 Å². The first-order chi connectivity index (χ1) is 10.7. The molecule has 0 fully saturated rings. The average Bonchev–Trinajstić information content (AvgIpc) is 3.12. The zero-order valence-corrected chi connectivity index (χ0v) is 11.9. The van der Waals surface area contributed by atoms with E-state index in [1.54, 1.807) is 0 Å². The van der Waals surface area contributed by atoms with Crippen LogP contribution in [0.2, 0.25) is 0 Å². The molecule has 0 saturated carbocycles. The molecule has 2 aromatic heterocycles. The minimum absolute atomic E-state index is 0.413. The number of carbonyl (C=O) groups is 1. The van der Waals surface area contributed by atoms with Crippen LogP contribution >= 0.6 is 0 Å². The fourth-order valence-electron chi connectivity index (χ4n) is 3.04. The van der Waals surface area contributed by atoms with Gasteiger partial charge < -0.3 is 5.73 Å². The van der Waals surface area contributed by atoms with Gasteiger partial charge in [-0.25, -0.2) is 0 Å². The van der Waals surface area contributed by atoms with Gasteiger partial charge in [-0.15, -0.1) is 0 Å². The number of nitrogens with two attached hydrogens (primary N) is 1. The van der Waals surface area contributed by atoms with Crippen LogP contribution in [0, 0.1) is 0 Å². The lowest BCUT2D eigenvalue weighted by molar-refractivity contribution is 0.0994. The van der Waals surface area contributed by atoms with Crippen LogP contribution in [0.25, 0.3) is 11.3 Å². The smallest absolute Gasteiger partial charge is 0.267 e. The van der Waals surface area contributed by atoms with E-state index < -0.39 is 5.91 Å². The lowest BCUT2D eigenvalue weighted by Crippen LogP contribution is -2.16. The van der Waals surface area contributed by atoms with Crippen molar-refractivity contribution in [3.63, 3.8) is 0 Å². The minimum atomic E-state index is -0.464. The van der Waals surface area contributed by atoms with Crippen LogP contribution < -0.4 is 5.73 Å². The van der Waals surface area contributed by atoms with Crippen LogP contribution in [0.1, 0.15) is 27.3 Å². The molecule has 6 nitrogen and oxygen atoms in total. The highest BCUT2D eigenvalue weighted by molar-refractivity contribution is 5.94. The van der Waals surface area contributed by atoms with Gasteiger partial charge in [0.25, 0.3) is 5.91 Å². The van der Waals surface area contributed by atoms with Crippen LogP contribution in [0.15, 0.2) is 36.5 Å². The fraction of sp³-hybridized carbons (Fsp3) is 0.188. The Morgan fingerprint density at radius 2 is 2.09 bits per heavy atom. The number of benzene rings is 1. The highest BCUT2D eigenvalue weighted by atomic mass is 16.1. The lowest BCUT2D eigenvalue weighted by atomic mass is 9.94. The molecule has 1 aliphatic carbocycles. The van der Waals surface area contributed by atoms with Gasteiger partial charge >= 0.3 is 0 Å². The highest BCUT2D eigenvalue weighted by Crippen LogP contribution is 2.33. The zero-order valence-electron chi connectivity index (χ0n) is 11.9. The van der Waals surface area contributed by atoms with E-state index in [2.05, 4.69) is 27.4 Å². The molecule has 1 amide bonds. The Morgan fingerprint density at radius 3 is 2.86 bits per heavy atom. The second-order valence-corrected chi connectivity index (χ2v) is 5.44. The molecule has 6 heteroatoms. The summed E-state index contributed by atoms with van der Waals surface area (Å²) in [6.45, 7) is 0.735. The molecule has 0 spiro atoms. The summed E-state index contributed by atoms with van der Waals surface area (Å²) >= 11 is 0. The molecule has 3 N–H and O–H groups in total. The van der Waals surface area contributed by atoms with Crippen molar-refractivity contribution in [3.8, 4) is 11.3 Å². The summed E-state index contributed by atoms with van der Waals surface area (Å²) in [6.07, 6.45) is 3.40. The Labute approximate surface area is 127 Å². The monoisotopic (exact) mass is 293 g/mol. The number of aromatic amines is 1. The van der Waals surface area contributed by atoms with Gasteiger partial charge in [0.1, 0.15) is 5.69 Å². The van der Waals surface area contributed by atoms with Crippen molar-refractivity contribution in [1.29, 1.82) is 0 Å². The first-order valence-corrected chi connectivity index (χ1v) is 7.20. The van der Waals surface area contributed by atoms with Gasteiger partial charge in [0.2, 0.25) is 0 Å². The molecule has 2 heterocycles. The first kappa shape index (κ1) is 12.8. The van der Waals surface area contributed by atoms with Gasteiger partial charge in [-0.1, -0.05) is 30.3 Å². The number of rotatable bonds is 3. The average molecular weight is 293 g/mol. The second kappa shape index (κ2) is 4.84. The molecule has 1 aromatic carbocycles. The largest absolute Gasteiger partial charge is 0.364 e. The van der Waals surface area contributed by atoms with Crippen molar-refractivity contribution >= 4 is 5.91 Å². The van der Waals surface area contributed by atoms with E-state index >= 15 is 0 Å². The summed E-state index contributed by atoms with van der Waals surface area (Å²) in [5.74, 6) is -0.464. The van der Waals surface area contributed by atoms with E-state index in [1.165, 1.54) is 5.56 Å². The third-order valence-electron chi connectivity index (χ3n) is 4.10. The number of amides is 1. The molecule has 0 radical (unpaired) electrons. The summed E-state index contributed by atoms with van der Waals surface area (Å²) in [5.41, 5.74) is 10.8. The van der Waals surface area contributed by atoms with Crippen molar-refractivity contribution in [2.75, 3.05) is 0 Å². The predicted molar refractivity (Wildman–Crippen MR) is 81.3 cm³/mol. The van der Waals surface area contributed by atoms with E-state index in [0.29, 0.717) is 5.69 Å². The van der Waals surface area contributed by atoms with E-state index in [9.17, 15) is 4.79 Å². The van der Waals surface area contributed by atoms with Crippen molar-refractivity contribution in [2.45, 2.75) is 19.4 Å². The molecule has 4 rings (SSSR count). The summed E-state index contributed by atoms with van der Waals surface area (Å²) < 4.78 is 2.01. The minimum Gasteiger partial charge on any atom is -0.364 e. The van der Waals surface area contributed by atoms with Crippen molar-refractivity contribution < 1.29 is 4.79 Å². The second-order valence-electron chi connectivity index (χ2n) is 5.44. The predicted octanol–water partition coefficient (Wildman–Crippen LogP) is 1.52. The maximum absolute atomic E-state index is 11.4. The topological polar surface area (TPSA) is 89.6 Å². The zero-order chi connectivity index (χ0) is 15.1. The molecule has 0 atom stereocenters. The number of H-pyrrole nitrogens is 1. The van der Waals surface area contributed by atoms with Gasteiger partial charge in [-0.05, 0) is 18.4 Å². The Balaban J connectivity index is 1.73. The molecule has 3 aromatic rings. The molecule has 22 heavy (non-hydrogen) atoms. The lowest BCUT2D eigenvalue weighted by Gasteiger charge is -2.14. The Kier molecular flexibility index (Phi) is 2.82. The van der Waals surface area contributed by atoms with E-state index in [1.807, 2.05) is 29.1 Å². The number of fused-ring (bicyclic) bond motifs is 3. The maximum Gasteiger partial charge on any atom is 0.267 e. The summed E-state index contributed by atoms with van der Waals surface area (Å²) in [5, 5.41) is 11.5. The van der Waals surface area contributed by atoms with Gasteiger partial charge in [-0.3, -0.25) is 14.6 Å². The van der Waals surface area contributed by atoms with Gasteiger partial charge in [0.15, 0.2) is 0 Å². The normalized spacial score (nSPS) is 12.7. The first-order valence-electron chi connectivity index (χ1n) is 7.20. The number of hydrogen-bond donors (Lipinski definition) is 2. The molecular formula is C16H15N5O. The SMILES string of the molecule is NC(=O)c1[nH]nc2c1CCc1c-2cnn1Cc1ccccc1. The number of hydrogen-bond acceptors (Lipinski definition) is 3. The van der Waals surface area contributed by atoms with Crippen molar-refractivity contribution in [3.05, 3.63) is 59.0 Å². The maximum atomic E-state index is 11.4. The van der Waals surface area contributed by atoms with E-state index in [4.69, 9.17) is 5.73 Å². The number of aromatic nitrogens is 4. The van der Waals surface area contributed by atoms with Crippen LogP contribution in [0.5, 0.6) is 0 Å². The molecule has 1 aliphatic rings. The van der Waals surface area contributed by atoms with Crippen LogP contribution in [0.4, 0.5) is 0 Å². The number of nitrogens with zero attached hydrogens (tertiary/aromatic N) is 3. The number of carbonyl (C=O) groups excluding carboxylic acids is 1. The van der Waals surface area contributed by atoms with Crippen LogP contribution in [-0.2, 0) is 19.4 Å².